The summed E-state index contributed by atoms with van der Waals surface area (Å²) in [4.78, 5) is 29.3. The molecule has 0 spiro atoms. The van der Waals surface area contributed by atoms with E-state index >= 15 is 0 Å². The molecule has 1 heterocycles. The number of carbonyl (C=O) groups is 2. The van der Waals surface area contributed by atoms with E-state index in [0.717, 1.165) is 54.0 Å². The van der Waals surface area contributed by atoms with Gasteiger partial charge in [0, 0.05) is 37.1 Å². The van der Waals surface area contributed by atoms with Crippen molar-refractivity contribution in [3.8, 4) is 5.75 Å². The van der Waals surface area contributed by atoms with Gasteiger partial charge >= 0.3 is 0 Å². The minimum atomic E-state index is -0.0130. The van der Waals surface area contributed by atoms with Crippen LogP contribution in [0.15, 0.2) is 36.4 Å². The van der Waals surface area contributed by atoms with Crippen molar-refractivity contribution in [3.05, 3.63) is 53.1 Å². The van der Waals surface area contributed by atoms with Gasteiger partial charge in [0.25, 0.3) is 5.91 Å². The van der Waals surface area contributed by atoms with Crippen LogP contribution in [0, 0.1) is 20.8 Å². The molecule has 1 saturated heterocycles. The number of nitrogens with one attached hydrogen (secondary N) is 1. The van der Waals surface area contributed by atoms with E-state index in [4.69, 9.17) is 10.5 Å². The van der Waals surface area contributed by atoms with E-state index in [1.807, 2.05) is 69.0 Å². The summed E-state index contributed by atoms with van der Waals surface area (Å²) in [5, 5.41) is 2.93. The molecule has 1 aliphatic rings. The van der Waals surface area contributed by atoms with Crippen LogP contribution in [0.25, 0.3) is 0 Å². The van der Waals surface area contributed by atoms with E-state index in [-0.39, 0.29) is 24.5 Å². The molecule has 2 aromatic rings. The predicted octanol–water partition coefficient (Wildman–Crippen LogP) is 3.52. The van der Waals surface area contributed by atoms with E-state index in [9.17, 15) is 9.59 Å². The summed E-state index contributed by atoms with van der Waals surface area (Å²) < 4.78 is 5.91. The third kappa shape index (κ3) is 6.26. The molecule has 2 amide bonds. The smallest absolute Gasteiger partial charge is 0.260 e. The maximum absolute atomic E-state index is 13.0. The Balaban J connectivity index is 1.49. The van der Waals surface area contributed by atoms with Crippen LogP contribution >= 0.6 is 0 Å². The first kappa shape index (κ1) is 24.6. The van der Waals surface area contributed by atoms with Crippen molar-refractivity contribution in [1.82, 2.24) is 9.80 Å². The molecule has 0 bridgehead atoms. The molecule has 7 nitrogen and oxygen atoms in total. The van der Waals surface area contributed by atoms with Gasteiger partial charge in [-0.25, -0.2) is 0 Å². The number of hydrogen-bond acceptors (Lipinski definition) is 5. The number of ether oxygens (including phenoxy) is 1. The van der Waals surface area contributed by atoms with Gasteiger partial charge in [0.1, 0.15) is 5.75 Å². The molecule has 3 N–H and O–H groups in total. The molecule has 1 aliphatic heterocycles. The quantitative estimate of drug-likeness (QED) is 0.599. The highest BCUT2D eigenvalue weighted by atomic mass is 16.5. The van der Waals surface area contributed by atoms with Crippen LogP contribution in [0.4, 0.5) is 11.4 Å². The lowest BCUT2D eigenvalue weighted by atomic mass is 10.0. The van der Waals surface area contributed by atoms with Crippen LogP contribution in [-0.4, -0.2) is 60.4 Å². The van der Waals surface area contributed by atoms with Gasteiger partial charge < -0.3 is 20.7 Å². The van der Waals surface area contributed by atoms with Gasteiger partial charge in [-0.05, 0) is 75.4 Å². The fourth-order valence-corrected chi connectivity index (χ4v) is 4.39. The minimum absolute atomic E-state index is 0.00991. The zero-order valence-corrected chi connectivity index (χ0v) is 20.2. The Kier molecular flexibility index (Phi) is 8.33. The van der Waals surface area contributed by atoms with E-state index < -0.39 is 0 Å². The van der Waals surface area contributed by atoms with Gasteiger partial charge in [0.2, 0.25) is 5.91 Å². The summed E-state index contributed by atoms with van der Waals surface area (Å²) >= 11 is 0. The van der Waals surface area contributed by atoms with Crippen molar-refractivity contribution in [2.24, 2.45) is 0 Å². The Bertz CT molecular complexity index is 969. The number of para-hydroxylation sites is 1. The summed E-state index contributed by atoms with van der Waals surface area (Å²) in [5.74, 6) is 0.688. The lowest BCUT2D eigenvalue weighted by molar-refractivity contribution is -0.136. The normalized spacial score (nSPS) is 14.7. The standard InChI is InChI=1S/C26H36N4O3/c1-5-30(25(32)17-33-23-15-18(2)26(27)20(4)19(23)3)22-11-13-29(14-12-22)16-24(31)28-21-9-7-6-8-10-21/h6-10,15,22H,5,11-14,16-17,27H2,1-4H3,(H,28,31). The molecular formula is C26H36N4O3. The Labute approximate surface area is 196 Å². The van der Waals surface area contributed by atoms with Crippen LogP contribution in [-0.2, 0) is 9.59 Å². The van der Waals surface area contributed by atoms with Crippen molar-refractivity contribution in [3.63, 3.8) is 0 Å². The monoisotopic (exact) mass is 452 g/mol. The number of rotatable bonds is 8. The molecule has 0 unspecified atom stereocenters. The number of nitrogens with two attached hydrogens (primary N) is 1. The largest absolute Gasteiger partial charge is 0.483 e. The maximum atomic E-state index is 13.0. The van der Waals surface area contributed by atoms with Gasteiger partial charge in [-0.15, -0.1) is 0 Å². The minimum Gasteiger partial charge on any atom is -0.483 e. The molecule has 7 heteroatoms. The molecule has 0 saturated carbocycles. The van der Waals surface area contributed by atoms with Crippen molar-refractivity contribution < 1.29 is 14.3 Å². The zero-order chi connectivity index (χ0) is 24.0. The summed E-state index contributed by atoms with van der Waals surface area (Å²) in [6.07, 6.45) is 1.69. The van der Waals surface area contributed by atoms with E-state index in [1.54, 1.807) is 0 Å². The van der Waals surface area contributed by atoms with E-state index in [2.05, 4.69) is 10.2 Å². The number of carbonyl (C=O) groups excluding carboxylic acids is 2. The highest BCUT2D eigenvalue weighted by molar-refractivity contribution is 5.92. The van der Waals surface area contributed by atoms with E-state index in [1.165, 1.54) is 0 Å². The van der Waals surface area contributed by atoms with Crippen LogP contribution in [0.3, 0.4) is 0 Å². The Morgan fingerprint density at radius 3 is 2.42 bits per heavy atom. The molecule has 33 heavy (non-hydrogen) atoms. The Morgan fingerprint density at radius 1 is 1.12 bits per heavy atom. The highest BCUT2D eigenvalue weighted by Crippen LogP contribution is 2.29. The van der Waals surface area contributed by atoms with Crippen molar-refractivity contribution in [2.75, 3.05) is 43.8 Å². The van der Waals surface area contributed by atoms with E-state index in [0.29, 0.717) is 18.8 Å². The number of anilines is 2. The van der Waals surface area contributed by atoms with Crippen LogP contribution in [0.5, 0.6) is 5.75 Å². The third-order valence-electron chi connectivity index (χ3n) is 6.54. The van der Waals surface area contributed by atoms with Gasteiger partial charge in [-0.3, -0.25) is 14.5 Å². The second-order valence-electron chi connectivity index (χ2n) is 8.75. The average molecular weight is 453 g/mol. The summed E-state index contributed by atoms with van der Waals surface area (Å²) in [6.45, 7) is 10.5. The summed E-state index contributed by atoms with van der Waals surface area (Å²) in [5.41, 5.74) is 10.6. The number of nitrogen functional groups attached to an aromatic ring is 1. The molecule has 0 atom stereocenters. The predicted molar refractivity (Wildman–Crippen MR) is 132 cm³/mol. The number of amides is 2. The van der Waals surface area contributed by atoms with Gasteiger partial charge in [0.05, 0.1) is 6.54 Å². The number of hydrogen-bond donors (Lipinski definition) is 2. The maximum Gasteiger partial charge on any atom is 0.260 e. The number of aryl methyl sites for hydroxylation is 1. The van der Waals surface area contributed by atoms with Crippen molar-refractivity contribution in [1.29, 1.82) is 0 Å². The van der Waals surface area contributed by atoms with Crippen LogP contribution < -0.4 is 15.8 Å². The lowest BCUT2D eigenvalue weighted by Crippen LogP contribution is -2.49. The Morgan fingerprint density at radius 2 is 1.79 bits per heavy atom. The second kappa shape index (κ2) is 11.2. The van der Waals surface area contributed by atoms with Crippen molar-refractivity contribution >= 4 is 23.2 Å². The molecule has 178 valence electrons. The first-order chi connectivity index (χ1) is 15.8. The van der Waals surface area contributed by atoms with Gasteiger partial charge in [-0.2, -0.15) is 0 Å². The number of benzene rings is 2. The molecule has 0 aromatic heterocycles. The summed E-state index contributed by atoms with van der Waals surface area (Å²) in [6, 6.07) is 11.5. The Hall–Kier alpha value is -3.06. The average Bonchev–Trinajstić information content (AvgIpc) is 2.81. The number of nitrogens with zero attached hydrogens (tertiary/aromatic N) is 2. The summed E-state index contributed by atoms with van der Waals surface area (Å²) in [7, 11) is 0. The fraction of sp³-hybridized carbons (Fsp3) is 0.462. The van der Waals surface area contributed by atoms with Gasteiger partial charge in [0.15, 0.2) is 6.61 Å². The number of likely N-dealkylation sites (tertiary alicyclic amines) is 1. The molecule has 3 rings (SSSR count). The first-order valence-corrected chi connectivity index (χ1v) is 11.7. The number of likely N-dealkylation sites (N-methyl/N-ethyl adjacent to an activating group) is 1. The van der Waals surface area contributed by atoms with Gasteiger partial charge in [-0.1, -0.05) is 18.2 Å². The zero-order valence-electron chi connectivity index (χ0n) is 20.2. The van der Waals surface area contributed by atoms with Crippen LogP contribution in [0.1, 0.15) is 36.5 Å². The molecule has 1 fully saturated rings. The molecule has 2 aromatic carbocycles. The fourth-order valence-electron chi connectivity index (χ4n) is 4.39. The number of piperidine rings is 1. The van der Waals surface area contributed by atoms with Crippen molar-refractivity contribution in [2.45, 2.75) is 46.6 Å². The topological polar surface area (TPSA) is 87.9 Å². The first-order valence-electron chi connectivity index (χ1n) is 11.7. The highest BCUT2D eigenvalue weighted by Gasteiger charge is 2.28. The molecule has 0 radical (unpaired) electrons. The molecular weight excluding hydrogens is 416 g/mol. The third-order valence-corrected chi connectivity index (χ3v) is 6.54. The van der Waals surface area contributed by atoms with Crippen LogP contribution in [0.2, 0.25) is 0 Å². The second-order valence-corrected chi connectivity index (χ2v) is 8.75. The lowest BCUT2D eigenvalue weighted by Gasteiger charge is -2.37. The SMILES string of the molecule is CCN(C(=O)COc1cc(C)c(N)c(C)c1C)C1CCN(CC(=O)Nc2ccccc2)CC1. The molecule has 0 aliphatic carbocycles.